The fourth-order valence-corrected chi connectivity index (χ4v) is 0.917. The third-order valence-electron chi connectivity index (χ3n) is 2.34. The van der Waals surface area contributed by atoms with Gasteiger partial charge in [0.05, 0.1) is 19.4 Å². The second-order valence-corrected chi connectivity index (χ2v) is 4.15. The minimum absolute atomic E-state index is 0.0490. The van der Waals surface area contributed by atoms with Crippen LogP contribution in [0.2, 0.25) is 0 Å². The van der Waals surface area contributed by atoms with Gasteiger partial charge in [0.2, 0.25) is 0 Å². The van der Waals surface area contributed by atoms with E-state index in [0.717, 1.165) is 0 Å². The lowest BCUT2D eigenvalue weighted by Gasteiger charge is -2.16. The number of ether oxygens (including phenoxy) is 3. The number of methoxy groups -OCH3 is 1. The lowest BCUT2D eigenvalue weighted by atomic mass is 10.1. The number of hydrogen-bond donors (Lipinski definition) is 0. The lowest BCUT2D eigenvalue weighted by molar-refractivity contribution is -0.154. The van der Waals surface area contributed by atoms with E-state index in [2.05, 4.69) is 0 Å². The van der Waals surface area contributed by atoms with E-state index >= 15 is 0 Å². The summed E-state index contributed by atoms with van der Waals surface area (Å²) in [6.07, 6.45) is -0.0250. The fourth-order valence-electron chi connectivity index (χ4n) is 0.917. The third-order valence-corrected chi connectivity index (χ3v) is 2.34. The minimum Gasteiger partial charge on any atom is -0.463 e. The first-order valence-electron chi connectivity index (χ1n) is 5.81. The van der Waals surface area contributed by atoms with Crippen LogP contribution in [0.15, 0.2) is 0 Å². The molecule has 0 saturated carbocycles. The van der Waals surface area contributed by atoms with E-state index in [1.54, 1.807) is 0 Å². The molecule has 0 aromatic rings. The summed E-state index contributed by atoms with van der Waals surface area (Å²) in [5, 5.41) is 0. The highest BCUT2D eigenvalue weighted by Gasteiger charge is 2.14. The first-order chi connectivity index (χ1) is 7.97. The zero-order valence-corrected chi connectivity index (χ0v) is 11.0. The molecule has 5 nitrogen and oxygen atoms in total. The largest absolute Gasteiger partial charge is 0.463 e. The SMILES string of the molecule is COCCOC(=O)CCC(=O)OC(C)C(C)C. The molecule has 1 unspecified atom stereocenters. The van der Waals surface area contributed by atoms with Crippen LogP contribution in [-0.2, 0) is 23.8 Å². The fraction of sp³-hybridized carbons (Fsp3) is 0.833. The summed E-state index contributed by atoms with van der Waals surface area (Å²) in [4.78, 5) is 22.5. The molecule has 0 aromatic carbocycles. The Morgan fingerprint density at radius 3 is 2.12 bits per heavy atom. The van der Waals surface area contributed by atoms with Gasteiger partial charge in [0.15, 0.2) is 0 Å². The zero-order chi connectivity index (χ0) is 13.3. The minimum atomic E-state index is -0.406. The summed E-state index contributed by atoms with van der Waals surface area (Å²) in [7, 11) is 1.53. The van der Waals surface area contributed by atoms with E-state index in [-0.39, 0.29) is 37.4 Å². The van der Waals surface area contributed by atoms with Crippen LogP contribution in [0.3, 0.4) is 0 Å². The average Bonchev–Trinajstić information content (AvgIpc) is 2.26. The highest BCUT2D eigenvalue weighted by Crippen LogP contribution is 2.07. The van der Waals surface area contributed by atoms with E-state index in [1.165, 1.54) is 7.11 Å². The number of carbonyl (C=O) groups excluding carboxylic acids is 2. The van der Waals surface area contributed by atoms with Crippen molar-refractivity contribution < 1.29 is 23.8 Å². The Bertz CT molecular complexity index is 237. The van der Waals surface area contributed by atoms with Crippen LogP contribution >= 0.6 is 0 Å². The molecular formula is C12H22O5. The van der Waals surface area contributed by atoms with Crippen molar-refractivity contribution in [3.8, 4) is 0 Å². The maximum atomic E-state index is 11.3. The van der Waals surface area contributed by atoms with Crippen LogP contribution in [0.1, 0.15) is 33.6 Å². The molecule has 0 saturated heterocycles. The lowest BCUT2D eigenvalue weighted by Crippen LogP contribution is -2.21. The summed E-state index contributed by atoms with van der Waals surface area (Å²) >= 11 is 0. The molecule has 0 aliphatic carbocycles. The standard InChI is InChI=1S/C12H22O5/c1-9(2)10(3)17-12(14)6-5-11(13)16-8-7-15-4/h9-10H,5-8H2,1-4H3. The van der Waals surface area contributed by atoms with Gasteiger partial charge in [0, 0.05) is 7.11 Å². The molecule has 0 amide bonds. The monoisotopic (exact) mass is 246 g/mol. The van der Waals surface area contributed by atoms with Gasteiger partial charge in [0.25, 0.3) is 0 Å². The van der Waals surface area contributed by atoms with Gasteiger partial charge in [0.1, 0.15) is 12.7 Å². The Kier molecular flexibility index (Phi) is 8.40. The third kappa shape index (κ3) is 8.68. The molecule has 17 heavy (non-hydrogen) atoms. The highest BCUT2D eigenvalue weighted by molar-refractivity contribution is 5.77. The van der Waals surface area contributed by atoms with Gasteiger partial charge in [-0.05, 0) is 12.8 Å². The summed E-state index contributed by atoms with van der Waals surface area (Å²) in [5.41, 5.74) is 0. The topological polar surface area (TPSA) is 61.8 Å². The first kappa shape index (κ1) is 15.9. The first-order valence-corrected chi connectivity index (χ1v) is 5.81. The van der Waals surface area contributed by atoms with Crippen molar-refractivity contribution in [3.05, 3.63) is 0 Å². The smallest absolute Gasteiger partial charge is 0.306 e. The Labute approximate surface area is 102 Å². The molecule has 1 atom stereocenters. The molecule has 0 aliphatic rings. The van der Waals surface area contributed by atoms with Gasteiger partial charge in [-0.1, -0.05) is 13.8 Å². The summed E-state index contributed by atoms with van der Waals surface area (Å²) < 4.78 is 14.7. The Morgan fingerprint density at radius 1 is 1.00 bits per heavy atom. The van der Waals surface area contributed by atoms with Crippen molar-refractivity contribution in [3.63, 3.8) is 0 Å². The van der Waals surface area contributed by atoms with Crippen molar-refractivity contribution >= 4 is 11.9 Å². The average molecular weight is 246 g/mol. The quantitative estimate of drug-likeness (QED) is 0.480. The summed E-state index contributed by atoms with van der Waals surface area (Å²) in [6, 6.07) is 0. The van der Waals surface area contributed by atoms with Gasteiger partial charge in [-0.2, -0.15) is 0 Å². The van der Waals surface area contributed by atoms with Gasteiger partial charge in [-0.25, -0.2) is 0 Å². The second-order valence-electron chi connectivity index (χ2n) is 4.15. The molecule has 0 heterocycles. The Morgan fingerprint density at radius 2 is 1.59 bits per heavy atom. The van der Waals surface area contributed by atoms with Crippen LogP contribution in [0.4, 0.5) is 0 Å². The van der Waals surface area contributed by atoms with E-state index in [4.69, 9.17) is 14.2 Å². The molecule has 0 rings (SSSR count). The molecule has 0 fully saturated rings. The second kappa shape index (κ2) is 8.98. The Hall–Kier alpha value is -1.10. The van der Waals surface area contributed by atoms with Crippen molar-refractivity contribution in [2.75, 3.05) is 20.3 Å². The predicted molar refractivity (Wildman–Crippen MR) is 62.5 cm³/mol. The maximum absolute atomic E-state index is 11.3. The zero-order valence-electron chi connectivity index (χ0n) is 11.0. The van der Waals surface area contributed by atoms with E-state index in [0.29, 0.717) is 6.61 Å². The van der Waals surface area contributed by atoms with Crippen LogP contribution in [-0.4, -0.2) is 38.4 Å². The number of hydrogen-bond acceptors (Lipinski definition) is 5. The molecule has 100 valence electrons. The van der Waals surface area contributed by atoms with Crippen molar-refractivity contribution in [1.29, 1.82) is 0 Å². The molecule has 0 bridgehead atoms. The molecular weight excluding hydrogens is 224 g/mol. The predicted octanol–water partition coefficient (Wildman–Crippen LogP) is 1.54. The van der Waals surface area contributed by atoms with Gasteiger partial charge in [-0.3, -0.25) is 9.59 Å². The van der Waals surface area contributed by atoms with Gasteiger partial charge in [-0.15, -0.1) is 0 Å². The van der Waals surface area contributed by atoms with Crippen molar-refractivity contribution in [2.45, 2.75) is 39.7 Å². The van der Waals surface area contributed by atoms with Gasteiger partial charge < -0.3 is 14.2 Å². The summed E-state index contributed by atoms with van der Waals surface area (Å²) in [6.45, 7) is 6.35. The van der Waals surface area contributed by atoms with Crippen LogP contribution in [0.5, 0.6) is 0 Å². The van der Waals surface area contributed by atoms with Crippen molar-refractivity contribution in [1.82, 2.24) is 0 Å². The summed E-state index contributed by atoms with van der Waals surface area (Å²) in [5.74, 6) is -0.501. The Balaban J connectivity index is 3.66. The number of esters is 2. The number of carbonyl (C=O) groups is 2. The van der Waals surface area contributed by atoms with Crippen molar-refractivity contribution in [2.24, 2.45) is 5.92 Å². The van der Waals surface area contributed by atoms with Crippen LogP contribution in [0, 0.1) is 5.92 Å². The van der Waals surface area contributed by atoms with E-state index in [9.17, 15) is 9.59 Å². The van der Waals surface area contributed by atoms with Crippen LogP contribution in [0.25, 0.3) is 0 Å². The van der Waals surface area contributed by atoms with Crippen LogP contribution < -0.4 is 0 Å². The molecule has 0 N–H and O–H groups in total. The maximum Gasteiger partial charge on any atom is 0.306 e. The molecule has 0 radical (unpaired) electrons. The van der Waals surface area contributed by atoms with E-state index in [1.807, 2.05) is 20.8 Å². The number of rotatable bonds is 8. The molecule has 0 aromatic heterocycles. The normalized spacial score (nSPS) is 12.3. The van der Waals surface area contributed by atoms with Gasteiger partial charge >= 0.3 is 11.9 Å². The highest BCUT2D eigenvalue weighted by atomic mass is 16.6. The van der Waals surface area contributed by atoms with E-state index < -0.39 is 5.97 Å². The molecule has 0 spiro atoms. The molecule has 0 aliphatic heterocycles. The molecule has 5 heteroatoms.